The van der Waals surface area contributed by atoms with E-state index in [1.54, 1.807) is 6.20 Å². The smallest absolute Gasteiger partial charge is 0.322 e. The lowest BCUT2D eigenvalue weighted by Gasteiger charge is -2.11. The number of aromatic nitrogens is 2. The van der Waals surface area contributed by atoms with Gasteiger partial charge in [-0.1, -0.05) is 13.8 Å². The van der Waals surface area contributed by atoms with Crippen LogP contribution in [-0.2, 0) is 6.54 Å². The first-order valence-electron chi connectivity index (χ1n) is 6.64. The van der Waals surface area contributed by atoms with Gasteiger partial charge >= 0.3 is 6.01 Å². The Balaban J connectivity index is 2.14. The fraction of sp³-hybridized carbons (Fsp3) is 0.333. The first-order valence-corrected chi connectivity index (χ1v) is 6.64. The second-order valence-electron chi connectivity index (χ2n) is 4.98. The van der Waals surface area contributed by atoms with E-state index in [1.165, 1.54) is 0 Å². The van der Waals surface area contributed by atoms with E-state index >= 15 is 0 Å². The van der Waals surface area contributed by atoms with Gasteiger partial charge in [0, 0.05) is 36.1 Å². The van der Waals surface area contributed by atoms with Gasteiger partial charge in [0.15, 0.2) is 11.6 Å². The van der Waals surface area contributed by atoms with Crippen LogP contribution in [0.25, 0.3) is 0 Å². The molecule has 1 aromatic heterocycles. The largest absolute Gasteiger partial charge is 0.421 e. The van der Waals surface area contributed by atoms with Gasteiger partial charge in [0.25, 0.3) is 0 Å². The zero-order valence-electron chi connectivity index (χ0n) is 12.2. The van der Waals surface area contributed by atoms with Gasteiger partial charge < -0.3 is 10.1 Å². The van der Waals surface area contributed by atoms with E-state index in [-0.39, 0.29) is 11.8 Å². The molecule has 2 rings (SSSR count). The van der Waals surface area contributed by atoms with Crippen molar-refractivity contribution in [1.29, 1.82) is 0 Å². The summed E-state index contributed by atoms with van der Waals surface area (Å²) < 4.78 is 31.8. The molecule has 0 spiro atoms. The van der Waals surface area contributed by atoms with Crippen molar-refractivity contribution in [3.63, 3.8) is 0 Å². The zero-order chi connectivity index (χ0) is 15.4. The summed E-state index contributed by atoms with van der Waals surface area (Å²) in [5, 5.41) is 3.26. The molecular weight excluding hydrogens is 276 g/mol. The second-order valence-corrected chi connectivity index (χ2v) is 4.98. The van der Waals surface area contributed by atoms with Crippen molar-refractivity contribution < 1.29 is 13.5 Å². The van der Waals surface area contributed by atoms with E-state index in [0.29, 0.717) is 12.6 Å². The molecule has 1 N–H and O–H groups in total. The quantitative estimate of drug-likeness (QED) is 0.918. The molecule has 0 radical (unpaired) electrons. The second kappa shape index (κ2) is 6.58. The fourth-order valence-corrected chi connectivity index (χ4v) is 1.66. The molecule has 1 heterocycles. The number of nitrogens with one attached hydrogen (secondary N) is 1. The van der Waals surface area contributed by atoms with Crippen molar-refractivity contribution in [2.75, 3.05) is 0 Å². The Kier molecular flexibility index (Phi) is 4.80. The van der Waals surface area contributed by atoms with E-state index < -0.39 is 11.6 Å². The van der Waals surface area contributed by atoms with Crippen molar-refractivity contribution in [2.24, 2.45) is 0 Å². The van der Waals surface area contributed by atoms with Crippen LogP contribution in [0, 0.1) is 18.6 Å². The number of hydrogen-bond acceptors (Lipinski definition) is 4. The first-order chi connectivity index (χ1) is 9.95. The summed E-state index contributed by atoms with van der Waals surface area (Å²) in [4.78, 5) is 8.18. The third-order valence-corrected chi connectivity index (χ3v) is 2.85. The van der Waals surface area contributed by atoms with Gasteiger partial charge in [-0.3, -0.25) is 0 Å². The Morgan fingerprint density at radius 2 is 2.05 bits per heavy atom. The van der Waals surface area contributed by atoms with Crippen molar-refractivity contribution in [2.45, 2.75) is 33.4 Å². The van der Waals surface area contributed by atoms with Gasteiger partial charge in [-0.15, -0.1) is 0 Å². The molecule has 0 saturated heterocycles. The van der Waals surface area contributed by atoms with Crippen LogP contribution in [0.15, 0.2) is 24.4 Å². The molecule has 0 bridgehead atoms. The standard InChI is InChI=1S/C15H17F2N3O/c1-9(2)18-7-11-8-19-15(20-10(11)3)21-14-6-12(16)4-5-13(14)17/h4-6,8-9,18H,7H2,1-3H3. The first kappa shape index (κ1) is 15.3. The van der Waals surface area contributed by atoms with Crippen molar-refractivity contribution in [3.8, 4) is 11.8 Å². The lowest BCUT2D eigenvalue weighted by Crippen LogP contribution is -2.22. The summed E-state index contributed by atoms with van der Waals surface area (Å²) in [5.41, 5.74) is 1.65. The van der Waals surface area contributed by atoms with Crippen LogP contribution in [0.1, 0.15) is 25.1 Å². The van der Waals surface area contributed by atoms with Crippen molar-refractivity contribution >= 4 is 0 Å². The monoisotopic (exact) mass is 293 g/mol. The van der Waals surface area contributed by atoms with Gasteiger partial charge in [-0.25, -0.2) is 13.8 Å². The molecule has 21 heavy (non-hydrogen) atoms. The molecule has 4 nitrogen and oxygen atoms in total. The fourth-order valence-electron chi connectivity index (χ4n) is 1.66. The van der Waals surface area contributed by atoms with Crippen LogP contribution in [-0.4, -0.2) is 16.0 Å². The number of aryl methyl sites for hydroxylation is 1. The normalized spacial score (nSPS) is 11.0. The Bertz CT molecular complexity index is 632. The van der Waals surface area contributed by atoms with E-state index in [2.05, 4.69) is 15.3 Å². The molecule has 0 aliphatic carbocycles. The number of rotatable bonds is 5. The summed E-state index contributed by atoms with van der Waals surface area (Å²) >= 11 is 0. The summed E-state index contributed by atoms with van der Waals surface area (Å²) in [6.07, 6.45) is 1.62. The summed E-state index contributed by atoms with van der Waals surface area (Å²) in [7, 11) is 0. The van der Waals surface area contributed by atoms with Gasteiger partial charge in [0.05, 0.1) is 0 Å². The number of nitrogens with zero attached hydrogens (tertiary/aromatic N) is 2. The average Bonchev–Trinajstić information content (AvgIpc) is 2.42. The van der Waals surface area contributed by atoms with Gasteiger partial charge in [0.2, 0.25) is 0 Å². The number of benzene rings is 1. The van der Waals surface area contributed by atoms with E-state index in [4.69, 9.17) is 4.74 Å². The summed E-state index contributed by atoms with van der Waals surface area (Å²) in [6, 6.07) is 3.32. The molecule has 112 valence electrons. The zero-order valence-corrected chi connectivity index (χ0v) is 12.2. The predicted octanol–water partition coefficient (Wildman–Crippen LogP) is 3.35. The maximum Gasteiger partial charge on any atom is 0.322 e. The lowest BCUT2D eigenvalue weighted by molar-refractivity contribution is 0.404. The molecular formula is C15H17F2N3O. The molecule has 0 amide bonds. The highest BCUT2D eigenvalue weighted by Gasteiger charge is 2.10. The molecule has 6 heteroatoms. The molecule has 0 unspecified atom stereocenters. The van der Waals surface area contributed by atoms with Gasteiger partial charge in [0.1, 0.15) is 5.82 Å². The Hall–Kier alpha value is -2.08. The minimum absolute atomic E-state index is 0.00898. The predicted molar refractivity (Wildman–Crippen MR) is 75.2 cm³/mol. The van der Waals surface area contributed by atoms with E-state index in [1.807, 2.05) is 20.8 Å². The minimum atomic E-state index is -0.664. The maximum absolute atomic E-state index is 13.5. The molecule has 0 fully saturated rings. The van der Waals surface area contributed by atoms with Crippen LogP contribution >= 0.6 is 0 Å². The third-order valence-electron chi connectivity index (χ3n) is 2.85. The number of hydrogen-bond donors (Lipinski definition) is 1. The number of halogens is 2. The highest BCUT2D eigenvalue weighted by molar-refractivity contribution is 5.28. The third kappa shape index (κ3) is 4.19. The molecule has 0 saturated carbocycles. The van der Waals surface area contributed by atoms with Crippen LogP contribution in [0.5, 0.6) is 11.8 Å². The maximum atomic E-state index is 13.5. The summed E-state index contributed by atoms with van der Waals surface area (Å²) in [6.45, 7) is 6.53. The van der Waals surface area contributed by atoms with Gasteiger partial charge in [-0.05, 0) is 19.1 Å². The molecule has 0 aliphatic rings. The minimum Gasteiger partial charge on any atom is -0.421 e. The van der Waals surface area contributed by atoms with Crippen molar-refractivity contribution in [1.82, 2.24) is 15.3 Å². The van der Waals surface area contributed by atoms with Crippen LogP contribution in [0.3, 0.4) is 0 Å². The van der Waals surface area contributed by atoms with Crippen molar-refractivity contribution in [3.05, 3.63) is 47.3 Å². The molecule has 0 atom stereocenters. The Morgan fingerprint density at radius 1 is 1.29 bits per heavy atom. The molecule has 2 aromatic rings. The lowest BCUT2D eigenvalue weighted by atomic mass is 10.2. The van der Waals surface area contributed by atoms with E-state index in [0.717, 1.165) is 29.5 Å². The summed E-state index contributed by atoms with van der Waals surface area (Å²) in [5.74, 6) is -1.48. The number of ether oxygens (including phenoxy) is 1. The molecule has 1 aromatic carbocycles. The van der Waals surface area contributed by atoms with E-state index in [9.17, 15) is 8.78 Å². The Morgan fingerprint density at radius 3 is 2.71 bits per heavy atom. The SMILES string of the molecule is Cc1nc(Oc2cc(F)ccc2F)ncc1CNC(C)C. The van der Waals surface area contributed by atoms with Crippen LogP contribution < -0.4 is 10.1 Å². The molecule has 0 aliphatic heterocycles. The Labute approximate surface area is 122 Å². The van der Waals surface area contributed by atoms with Crippen LogP contribution in [0.2, 0.25) is 0 Å². The highest BCUT2D eigenvalue weighted by atomic mass is 19.1. The topological polar surface area (TPSA) is 47.0 Å². The van der Waals surface area contributed by atoms with Crippen LogP contribution in [0.4, 0.5) is 8.78 Å². The average molecular weight is 293 g/mol. The highest BCUT2D eigenvalue weighted by Crippen LogP contribution is 2.23. The van der Waals surface area contributed by atoms with Gasteiger partial charge in [-0.2, -0.15) is 4.98 Å².